The van der Waals surface area contributed by atoms with Crippen LogP contribution in [0, 0.1) is 6.92 Å². The summed E-state index contributed by atoms with van der Waals surface area (Å²) in [6.07, 6.45) is 0.826. The van der Waals surface area contributed by atoms with Gasteiger partial charge in [-0.3, -0.25) is 4.79 Å². The molecule has 2 nitrogen and oxygen atoms in total. The molecular weight excluding hydrogens is 208 g/mol. The first-order chi connectivity index (χ1) is 7.28. The molecule has 0 aliphatic heterocycles. The second-order valence-corrected chi connectivity index (χ2v) is 4.16. The van der Waals surface area contributed by atoms with Gasteiger partial charge in [0.15, 0.2) is 6.29 Å². The Bertz CT molecular complexity index is 457. The van der Waals surface area contributed by atoms with Crippen LogP contribution in [0.5, 0.6) is 11.5 Å². The third kappa shape index (κ3) is 2.44. The summed E-state index contributed by atoms with van der Waals surface area (Å²) in [6, 6.07) is 9.53. The van der Waals surface area contributed by atoms with Gasteiger partial charge < -0.3 is 4.74 Å². The minimum Gasteiger partial charge on any atom is -0.456 e. The fourth-order valence-electron chi connectivity index (χ4n) is 1.19. The Morgan fingerprint density at radius 3 is 2.53 bits per heavy atom. The molecule has 0 N–H and O–H groups in total. The maximum atomic E-state index is 10.5. The quantitative estimate of drug-likeness (QED) is 0.735. The SMILES string of the molecule is Cc1ccc(Oc2csc(C=O)c2)cc1. The summed E-state index contributed by atoms with van der Waals surface area (Å²) in [5.74, 6) is 1.50. The topological polar surface area (TPSA) is 26.3 Å². The first-order valence-electron chi connectivity index (χ1n) is 4.56. The summed E-state index contributed by atoms with van der Waals surface area (Å²) in [6.45, 7) is 2.03. The maximum Gasteiger partial charge on any atom is 0.160 e. The van der Waals surface area contributed by atoms with Gasteiger partial charge >= 0.3 is 0 Å². The zero-order chi connectivity index (χ0) is 10.7. The molecule has 2 rings (SSSR count). The Hall–Kier alpha value is -1.61. The van der Waals surface area contributed by atoms with E-state index in [0.29, 0.717) is 10.6 Å². The number of hydrogen-bond donors (Lipinski definition) is 0. The molecule has 0 aliphatic rings. The molecular formula is C12H10O2S. The molecule has 0 atom stereocenters. The zero-order valence-corrected chi connectivity index (χ0v) is 9.08. The lowest BCUT2D eigenvalue weighted by atomic mass is 10.2. The first kappa shape index (κ1) is 9.93. The van der Waals surface area contributed by atoms with Gasteiger partial charge in [0.2, 0.25) is 0 Å². The number of aldehydes is 1. The monoisotopic (exact) mass is 218 g/mol. The molecule has 76 valence electrons. The van der Waals surface area contributed by atoms with E-state index >= 15 is 0 Å². The largest absolute Gasteiger partial charge is 0.456 e. The summed E-state index contributed by atoms with van der Waals surface area (Å²) < 4.78 is 5.57. The van der Waals surface area contributed by atoms with Gasteiger partial charge in [0.05, 0.1) is 4.88 Å². The molecule has 0 saturated heterocycles. The van der Waals surface area contributed by atoms with Gasteiger partial charge in [0.25, 0.3) is 0 Å². The van der Waals surface area contributed by atoms with Crippen molar-refractivity contribution in [3.8, 4) is 11.5 Å². The molecule has 1 aromatic heterocycles. The number of aryl methyl sites for hydroxylation is 1. The highest BCUT2D eigenvalue weighted by atomic mass is 32.1. The number of ether oxygens (including phenoxy) is 1. The van der Waals surface area contributed by atoms with Crippen molar-refractivity contribution in [2.75, 3.05) is 0 Å². The molecule has 0 fully saturated rings. The fourth-order valence-corrected chi connectivity index (χ4v) is 1.80. The van der Waals surface area contributed by atoms with Crippen LogP contribution in [-0.2, 0) is 0 Å². The van der Waals surface area contributed by atoms with Gasteiger partial charge in [-0.05, 0) is 19.1 Å². The highest BCUT2D eigenvalue weighted by Gasteiger charge is 2.00. The number of carbonyl (C=O) groups excluding carboxylic acids is 1. The lowest BCUT2D eigenvalue weighted by Crippen LogP contribution is -1.81. The van der Waals surface area contributed by atoms with Crippen molar-refractivity contribution >= 4 is 17.6 Å². The summed E-state index contributed by atoms with van der Waals surface area (Å²) in [5, 5.41) is 1.82. The normalized spacial score (nSPS) is 9.93. The molecule has 3 heteroatoms. The average molecular weight is 218 g/mol. The van der Waals surface area contributed by atoms with E-state index in [1.54, 1.807) is 6.07 Å². The Balaban J connectivity index is 2.14. The zero-order valence-electron chi connectivity index (χ0n) is 8.27. The predicted molar refractivity (Wildman–Crippen MR) is 61.0 cm³/mol. The molecule has 1 heterocycles. The van der Waals surface area contributed by atoms with Gasteiger partial charge in [-0.1, -0.05) is 17.7 Å². The summed E-state index contributed by atoms with van der Waals surface area (Å²) in [4.78, 5) is 11.1. The Morgan fingerprint density at radius 1 is 1.20 bits per heavy atom. The van der Waals surface area contributed by atoms with Crippen LogP contribution in [0.15, 0.2) is 35.7 Å². The Kier molecular flexibility index (Phi) is 2.83. The summed E-state index contributed by atoms with van der Waals surface area (Å²) in [5.41, 5.74) is 1.20. The molecule has 0 bridgehead atoms. The number of benzene rings is 1. The van der Waals surface area contributed by atoms with Crippen LogP contribution >= 0.6 is 11.3 Å². The van der Waals surface area contributed by atoms with Crippen molar-refractivity contribution in [1.29, 1.82) is 0 Å². The van der Waals surface area contributed by atoms with Gasteiger partial charge in [-0.2, -0.15) is 0 Å². The lowest BCUT2D eigenvalue weighted by molar-refractivity contribution is 0.112. The molecule has 15 heavy (non-hydrogen) atoms. The number of hydrogen-bond acceptors (Lipinski definition) is 3. The highest BCUT2D eigenvalue weighted by Crippen LogP contribution is 2.26. The van der Waals surface area contributed by atoms with Crippen molar-refractivity contribution in [3.63, 3.8) is 0 Å². The molecule has 0 aliphatic carbocycles. The summed E-state index contributed by atoms with van der Waals surface area (Å²) in [7, 11) is 0. The van der Waals surface area contributed by atoms with Crippen LogP contribution in [0.2, 0.25) is 0 Å². The van der Waals surface area contributed by atoms with E-state index in [2.05, 4.69) is 0 Å². The van der Waals surface area contributed by atoms with Gasteiger partial charge in [0.1, 0.15) is 11.5 Å². The highest BCUT2D eigenvalue weighted by molar-refractivity contribution is 7.11. The lowest BCUT2D eigenvalue weighted by Gasteiger charge is -2.02. The second kappa shape index (κ2) is 4.28. The van der Waals surface area contributed by atoms with Gasteiger partial charge in [-0.25, -0.2) is 0 Å². The Labute approximate surface area is 92.1 Å². The van der Waals surface area contributed by atoms with Crippen molar-refractivity contribution in [2.45, 2.75) is 6.92 Å². The second-order valence-electron chi connectivity index (χ2n) is 3.22. The molecule has 0 saturated carbocycles. The van der Waals surface area contributed by atoms with Crippen molar-refractivity contribution < 1.29 is 9.53 Å². The summed E-state index contributed by atoms with van der Waals surface area (Å²) >= 11 is 1.38. The first-order valence-corrected chi connectivity index (χ1v) is 5.44. The van der Waals surface area contributed by atoms with Crippen LogP contribution in [0.25, 0.3) is 0 Å². The molecule has 0 radical (unpaired) electrons. The fraction of sp³-hybridized carbons (Fsp3) is 0.0833. The van der Waals surface area contributed by atoms with Gasteiger partial charge in [-0.15, -0.1) is 11.3 Å². The Morgan fingerprint density at radius 2 is 1.93 bits per heavy atom. The predicted octanol–water partition coefficient (Wildman–Crippen LogP) is 3.66. The minimum atomic E-state index is 0.678. The third-order valence-electron chi connectivity index (χ3n) is 1.97. The van der Waals surface area contributed by atoms with Gasteiger partial charge in [0, 0.05) is 11.4 Å². The van der Waals surface area contributed by atoms with E-state index in [1.165, 1.54) is 16.9 Å². The third-order valence-corrected chi connectivity index (χ3v) is 2.80. The van der Waals surface area contributed by atoms with E-state index in [9.17, 15) is 4.79 Å². The number of thiophene rings is 1. The molecule has 0 amide bonds. The van der Waals surface area contributed by atoms with Crippen molar-refractivity contribution in [2.24, 2.45) is 0 Å². The van der Waals surface area contributed by atoms with Crippen LogP contribution in [0.4, 0.5) is 0 Å². The molecule has 0 unspecified atom stereocenters. The molecule has 1 aromatic carbocycles. The molecule has 0 spiro atoms. The van der Waals surface area contributed by atoms with E-state index in [1.807, 2.05) is 36.6 Å². The van der Waals surface area contributed by atoms with E-state index in [-0.39, 0.29) is 0 Å². The minimum absolute atomic E-state index is 0.678. The van der Waals surface area contributed by atoms with Crippen molar-refractivity contribution in [3.05, 3.63) is 46.2 Å². The maximum absolute atomic E-state index is 10.5. The van der Waals surface area contributed by atoms with Crippen molar-refractivity contribution in [1.82, 2.24) is 0 Å². The standard InChI is InChI=1S/C12H10O2S/c1-9-2-4-10(5-3-9)14-11-6-12(7-13)15-8-11/h2-8H,1H3. The van der Waals surface area contributed by atoms with Crippen LogP contribution in [0.3, 0.4) is 0 Å². The van der Waals surface area contributed by atoms with Crippen LogP contribution in [0.1, 0.15) is 15.2 Å². The van der Waals surface area contributed by atoms with Crippen LogP contribution < -0.4 is 4.74 Å². The molecule has 2 aromatic rings. The number of rotatable bonds is 3. The van der Waals surface area contributed by atoms with E-state index in [4.69, 9.17) is 4.74 Å². The smallest absolute Gasteiger partial charge is 0.160 e. The van der Waals surface area contributed by atoms with E-state index in [0.717, 1.165) is 12.0 Å². The van der Waals surface area contributed by atoms with Crippen LogP contribution in [-0.4, -0.2) is 6.29 Å². The average Bonchev–Trinajstić information content (AvgIpc) is 2.69. The van der Waals surface area contributed by atoms with E-state index < -0.39 is 0 Å². The number of carbonyl (C=O) groups is 1.